The SMILES string of the molecule is COc1cn(CC(=O)Nc2cccc(Cl)c2)c(CN2CCN(C(C)=O)CC2)cc1=O. The number of anilines is 1. The van der Waals surface area contributed by atoms with E-state index in [1.54, 1.807) is 46.9 Å². The maximum Gasteiger partial charge on any atom is 0.244 e. The summed E-state index contributed by atoms with van der Waals surface area (Å²) in [6, 6.07) is 8.41. The molecule has 9 heteroatoms. The number of rotatable bonds is 6. The van der Waals surface area contributed by atoms with Crippen molar-refractivity contribution in [1.29, 1.82) is 0 Å². The predicted octanol–water partition coefficient (Wildman–Crippen LogP) is 1.81. The third-order valence-electron chi connectivity index (χ3n) is 5.03. The molecule has 1 N–H and O–H groups in total. The highest BCUT2D eigenvalue weighted by molar-refractivity contribution is 6.30. The molecule has 0 bridgehead atoms. The van der Waals surface area contributed by atoms with Crippen LogP contribution in [0.5, 0.6) is 5.75 Å². The molecule has 1 fully saturated rings. The molecule has 2 amide bonds. The molecule has 1 saturated heterocycles. The second-order valence-electron chi connectivity index (χ2n) is 7.17. The number of pyridine rings is 1. The van der Waals surface area contributed by atoms with Gasteiger partial charge >= 0.3 is 0 Å². The van der Waals surface area contributed by atoms with E-state index in [0.29, 0.717) is 49.1 Å². The lowest BCUT2D eigenvalue weighted by Crippen LogP contribution is -2.47. The number of methoxy groups -OCH3 is 1. The van der Waals surface area contributed by atoms with Crippen LogP contribution in [0.4, 0.5) is 5.69 Å². The Balaban J connectivity index is 1.75. The maximum atomic E-state index is 12.6. The Morgan fingerprint density at radius 3 is 2.53 bits per heavy atom. The molecule has 0 unspecified atom stereocenters. The fourth-order valence-electron chi connectivity index (χ4n) is 3.40. The normalized spacial score (nSPS) is 14.4. The molecule has 0 saturated carbocycles. The number of piperazine rings is 1. The Kier molecular flexibility index (Phi) is 7.12. The molecule has 1 aromatic heterocycles. The van der Waals surface area contributed by atoms with Gasteiger partial charge in [-0.15, -0.1) is 0 Å². The van der Waals surface area contributed by atoms with Gasteiger partial charge in [0.15, 0.2) is 5.75 Å². The van der Waals surface area contributed by atoms with Gasteiger partial charge in [0, 0.05) is 62.1 Å². The summed E-state index contributed by atoms with van der Waals surface area (Å²) in [5, 5.41) is 3.34. The number of hydrogen-bond donors (Lipinski definition) is 1. The summed E-state index contributed by atoms with van der Waals surface area (Å²) in [7, 11) is 1.42. The van der Waals surface area contributed by atoms with E-state index < -0.39 is 0 Å². The van der Waals surface area contributed by atoms with E-state index in [1.165, 1.54) is 13.2 Å². The highest BCUT2D eigenvalue weighted by Gasteiger charge is 2.20. The van der Waals surface area contributed by atoms with E-state index in [0.717, 1.165) is 0 Å². The minimum atomic E-state index is -0.245. The zero-order valence-electron chi connectivity index (χ0n) is 17.1. The van der Waals surface area contributed by atoms with Crippen molar-refractivity contribution in [2.75, 3.05) is 38.6 Å². The first kappa shape index (κ1) is 21.9. The van der Waals surface area contributed by atoms with Crippen LogP contribution in [-0.2, 0) is 22.7 Å². The monoisotopic (exact) mass is 432 g/mol. The van der Waals surface area contributed by atoms with Crippen molar-refractivity contribution in [3.63, 3.8) is 0 Å². The van der Waals surface area contributed by atoms with Crippen LogP contribution in [0.25, 0.3) is 0 Å². The van der Waals surface area contributed by atoms with Gasteiger partial charge in [-0.25, -0.2) is 0 Å². The number of amides is 2. The number of nitrogens with one attached hydrogen (secondary N) is 1. The van der Waals surface area contributed by atoms with Gasteiger partial charge in [-0.05, 0) is 18.2 Å². The quantitative estimate of drug-likeness (QED) is 0.752. The van der Waals surface area contributed by atoms with Crippen LogP contribution in [0.2, 0.25) is 5.02 Å². The van der Waals surface area contributed by atoms with Gasteiger partial charge < -0.3 is 19.5 Å². The molecule has 3 rings (SSSR count). The molecule has 160 valence electrons. The van der Waals surface area contributed by atoms with Crippen LogP contribution in [0.1, 0.15) is 12.6 Å². The lowest BCUT2D eigenvalue weighted by atomic mass is 10.2. The second-order valence-corrected chi connectivity index (χ2v) is 7.60. The van der Waals surface area contributed by atoms with Crippen LogP contribution in [0.15, 0.2) is 41.3 Å². The molecule has 30 heavy (non-hydrogen) atoms. The Morgan fingerprint density at radius 1 is 1.17 bits per heavy atom. The van der Waals surface area contributed by atoms with Gasteiger partial charge in [-0.1, -0.05) is 17.7 Å². The molecule has 0 spiro atoms. The minimum absolute atomic E-state index is 0.0197. The average molecular weight is 433 g/mol. The summed E-state index contributed by atoms with van der Waals surface area (Å²) < 4.78 is 6.87. The standard InChI is InChI=1S/C21H25ClN4O4/c1-15(27)25-8-6-24(7-9-25)12-18-11-19(28)20(30-2)13-26(18)14-21(29)23-17-5-3-4-16(22)10-17/h3-5,10-11,13H,6-9,12,14H2,1-2H3,(H,23,29). The van der Waals surface area contributed by atoms with Crippen LogP contribution < -0.4 is 15.5 Å². The zero-order chi connectivity index (χ0) is 21.7. The summed E-state index contributed by atoms with van der Waals surface area (Å²) in [6.07, 6.45) is 1.56. The number of carbonyl (C=O) groups excluding carboxylic acids is 2. The number of ether oxygens (including phenoxy) is 1. The number of halogens is 1. The Morgan fingerprint density at radius 2 is 1.90 bits per heavy atom. The average Bonchev–Trinajstić information content (AvgIpc) is 2.70. The van der Waals surface area contributed by atoms with Gasteiger partial charge in [0.2, 0.25) is 17.2 Å². The zero-order valence-corrected chi connectivity index (χ0v) is 17.8. The summed E-state index contributed by atoms with van der Waals surface area (Å²) in [4.78, 5) is 40.4. The molecule has 1 aliphatic rings. The second kappa shape index (κ2) is 9.77. The Bertz CT molecular complexity index is 983. The Labute approximate surface area is 180 Å². The predicted molar refractivity (Wildman–Crippen MR) is 115 cm³/mol. The maximum absolute atomic E-state index is 12.6. The Hall–Kier alpha value is -2.84. The first-order valence-corrected chi connectivity index (χ1v) is 10.0. The first-order chi connectivity index (χ1) is 14.4. The fourth-order valence-corrected chi connectivity index (χ4v) is 3.59. The van der Waals surface area contributed by atoms with Crippen LogP contribution in [0.3, 0.4) is 0 Å². The third kappa shape index (κ3) is 5.61. The third-order valence-corrected chi connectivity index (χ3v) is 5.26. The van der Waals surface area contributed by atoms with Gasteiger partial charge in [0.25, 0.3) is 0 Å². The van der Waals surface area contributed by atoms with Crippen LogP contribution in [0, 0.1) is 0 Å². The molecule has 0 radical (unpaired) electrons. The first-order valence-electron chi connectivity index (χ1n) is 9.66. The molecule has 8 nitrogen and oxygen atoms in total. The van der Waals surface area contributed by atoms with Crippen LogP contribution in [-0.4, -0.2) is 59.5 Å². The van der Waals surface area contributed by atoms with Crippen LogP contribution >= 0.6 is 11.6 Å². The highest BCUT2D eigenvalue weighted by atomic mass is 35.5. The van der Waals surface area contributed by atoms with Crippen molar-refractivity contribution < 1.29 is 14.3 Å². The van der Waals surface area contributed by atoms with Crippen molar-refractivity contribution in [2.45, 2.75) is 20.0 Å². The molecule has 1 aromatic carbocycles. The van der Waals surface area contributed by atoms with Gasteiger partial charge in [-0.2, -0.15) is 0 Å². The van der Waals surface area contributed by atoms with Crippen molar-refractivity contribution in [1.82, 2.24) is 14.4 Å². The van der Waals surface area contributed by atoms with Gasteiger partial charge in [0.05, 0.1) is 13.3 Å². The molecular weight excluding hydrogens is 408 g/mol. The number of benzene rings is 1. The van der Waals surface area contributed by atoms with E-state index in [-0.39, 0.29) is 29.5 Å². The van der Waals surface area contributed by atoms with Crippen molar-refractivity contribution >= 4 is 29.1 Å². The smallest absolute Gasteiger partial charge is 0.244 e. The molecule has 2 heterocycles. The highest BCUT2D eigenvalue weighted by Crippen LogP contribution is 2.16. The largest absolute Gasteiger partial charge is 0.491 e. The van der Waals surface area contributed by atoms with E-state index in [2.05, 4.69) is 10.2 Å². The fraction of sp³-hybridized carbons (Fsp3) is 0.381. The molecular formula is C21H25ClN4O4. The number of aromatic nitrogens is 1. The lowest BCUT2D eigenvalue weighted by Gasteiger charge is -2.34. The summed E-state index contributed by atoms with van der Waals surface area (Å²) >= 11 is 5.97. The van der Waals surface area contributed by atoms with Crippen molar-refractivity contribution in [3.05, 3.63) is 57.5 Å². The lowest BCUT2D eigenvalue weighted by molar-refractivity contribution is -0.130. The van der Waals surface area contributed by atoms with E-state index in [1.807, 2.05) is 0 Å². The summed E-state index contributed by atoms with van der Waals surface area (Å²) in [5.41, 5.74) is 1.07. The molecule has 0 atom stereocenters. The van der Waals surface area contributed by atoms with E-state index >= 15 is 0 Å². The van der Waals surface area contributed by atoms with Crippen molar-refractivity contribution in [3.8, 4) is 5.75 Å². The number of carbonyl (C=O) groups is 2. The topological polar surface area (TPSA) is 83.9 Å². The number of hydrogen-bond acceptors (Lipinski definition) is 5. The van der Waals surface area contributed by atoms with E-state index in [9.17, 15) is 14.4 Å². The number of nitrogens with zero attached hydrogens (tertiary/aromatic N) is 3. The minimum Gasteiger partial charge on any atom is -0.491 e. The van der Waals surface area contributed by atoms with Gasteiger partial charge in [-0.3, -0.25) is 19.3 Å². The molecule has 1 aliphatic heterocycles. The summed E-state index contributed by atoms with van der Waals surface area (Å²) in [6.45, 7) is 4.77. The van der Waals surface area contributed by atoms with Crippen molar-refractivity contribution in [2.24, 2.45) is 0 Å². The summed E-state index contributed by atoms with van der Waals surface area (Å²) in [5.74, 6) is -0.00462. The van der Waals surface area contributed by atoms with E-state index in [4.69, 9.17) is 16.3 Å². The van der Waals surface area contributed by atoms with Gasteiger partial charge in [0.1, 0.15) is 6.54 Å². The molecule has 2 aromatic rings. The molecule has 0 aliphatic carbocycles.